The van der Waals surface area contributed by atoms with Crippen LogP contribution in [0.1, 0.15) is 30.4 Å². The van der Waals surface area contributed by atoms with Crippen LogP contribution in [0.25, 0.3) is 0 Å². The van der Waals surface area contributed by atoms with E-state index in [1.807, 2.05) is 19.2 Å². The topological polar surface area (TPSA) is 15.3 Å². The Bertz CT molecular complexity index is 362. The molecule has 0 spiro atoms. The summed E-state index contributed by atoms with van der Waals surface area (Å²) >= 11 is 0. The summed E-state index contributed by atoms with van der Waals surface area (Å²) in [6.45, 7) is 3.00. The summed E-state index contributed by atoms with van der Waals surface area (Å²) in [6, 6.07) is 7.31. The Labute approximate surface area is 119 Å². The third-order valence-electron chi connectivity index (χ3n) is 3.63. The van der Waals surface area contributed by atoms with Crippen LogP contribution in [0, 0.1) is 0 Å². The molecule has 0 radical (unpaired) electrons. The van der Waals surface area contributed by atoms with Gasteiger partial charge in [0, 0.05) is 18.2 Å². The number of hydrogen-bond acceptors (Lipinski definition) is 2. The summed E-state index contributed by atoms with van der Waals surface area (Å²) in [7, 11) is 2.00. The lowest BCUT2D eigenvalue weighted by Crippen LogP contribution is -2.40. The molecule has 2 nitrogen and oxygen atoms in total. The summed E-state index contributed by atoms with van der Waals surface area (Å²) in [5, 5.41) is 3.30. The average Bonchev–Trinajstić information content (AvgIpc) is 2.40. The summed E-state index contributed by atoms with van der Waals surface area (Å²) in [5.74, 6) is 0. The number of hydrogen-bond donors (Lipinski definition) is 1. The third kappa shape index (κ3) is 4.71. The van der Waals surface area contributed by atoms with Crippen molar-refractivity contribution in [1.29, 1.82) is 0 Å². The second-order valence-corrected chi connectivity index (χ2v) is 4.88. The largest absolute Gasteiger partial charge is 0.317 e. The maximum Gasteiger partial charge on any atom is 0.263 e. The minimum absolute atomic E-state index is 0. The van der Waals surface area contributed by atoms with Crippen molar-refractivity contribution < 1.29 is 8.78 Å². The molecule has 108 valence electrons. The number of alkyl halides is 2. The van der Waals surface area contributed by atoms with Gasteiger partial charge in [0.05, 0.1) is 0 Å². The van der Waals surface area contributed by atoms with E-state index >= 15 is 0 Å². The van der Waals surface area contributed by atoms with Gasteiger partial charge in [-0.1, -0.05) is 24.3 Å². The van der Waals surface area contributed by atoms with Crippen molar-refractivity contribution in [2.45, 2.75) is 31.9 Å². The highest BCUT2D eigenvalue weighted by atomic mass is 35.5. The molecule has 1 aromatic carbocycles. The molecule has 1 aliphatic heterocycles. The zero-order chi connectivity index (χ0) is 13.0. The molecule has 1 aromatic rings. The molecule has 19 heavy (non-hydrogen) atoms. The molecule has 0 atom stereocenters. The van der Waals surface area contributed by atoms with Crippen LogP contribution in [0.4, 0.5) is 8.78 Å². The van der Waals surface area contributed by atoms with Gasteiger partial charge in [-0.25, -0.2) is 8.78 Å². The van der Waals surface area contributed by atoms with E-state index in [0.717, 1.165) is 38.0 Å². The van der Waals surface area contributed by atoms with Crippen LogP contribution >= 0.6 is 12.4 Å². The van der Waals surface area contributed by atoms with Gasteiger partial charge in [-0.15, -0.1) is 12.4 Å². The molecule has 0 bridgehead atoms. The van der Waals surface area contributed by atoms with Gasteiger partial charge in [0.1, 0.15) is 0 Å². The fraction of sp³-hybridized carbons (Fsp3) is 0.571. The maximum atomic E-state index is 12.4. The highest BCUT2D eigenvalue weighted by molar-refractivity contribution is 5.85. The van der Waals surface area contributed by atoms with Crippen molar-refractivity contribution >= 4 is 12.4 Å². The molecule has 1 aliphatic rings. The van der Waals surface area contributed by atoms with Crippen molar-refractivity contribution in [2.24, 2.45) is 0 Å². The van der Waals surface area contributed by atoms with E-state index in [-0.39, 0.29) is 18.0 Å². The number of halogens is 3. The van der Waals surface area contributed by atoms with Gasteiger partial charge in [-0.3, -0.25) is 4.90 Å². The molecular formula is C14H21ClF2N2. The smallest absolute Gasteiger partial charge is 0.263 e. The number of benzene rings is 1. The Balaban J connectivity index is 0.00000180. The van der Waals surface area contributed by atoms with Crippen LogP contribution in [-0.2, 0) is 6.54 Å². The molecule has 0 aliphatic carbocycles. The molecule has 1 heterocycles. The summed E-state index contributed by atoms with van der Waals surface area (Å²) < 4.78 is 24.8. The van der Waals surface area contributed by atoms with Crippen molar-refractivity contribution in [3.05, 3.63) is 35.4 Å². The molecule has 0 amide bonds. The number of nitrogens with one attached hydrogen (secondary N) is 1. The Morgan fingerprint density at radius 1 is 1.21 bits per heavy atom. The van der Waals surface area contributed by atoms with Gasteiger partial charge in [-0.2, -0.15) is 0 Å². The molecule has 1 saturated heterocycles. The Hall–Kier alpha value is -0.710. The monoisotopic (exact) mass is 290 g/mol. The van der Waals surface area contributed by atoms with E-state index in [1.165, 1.54) is 12.1 Å². The number of rotatable bonds is 4. The van der Waals surface area contributed by atoms with Gasteiger partial charge in [0.25, 0.3) is 6.43 Å². The molecule has 2 rings (SSSR count). The van der Waals surface area contributed by atoms with E-state index in [9.17, 15) is 8.78 Å². The lowest BCUT2D eigenvalue weighted by molar-refractivity contribution is 0.151. The van der Waals surface area contributed by atoms with E-state index in [4.69, 9.17) is 0 Å². The standard InChI is InChI=1S/C14H20F2N2.ClH/c1-17-13-6-8-18(9-7-13)10-11-2-4-12(5-3-11)14(15)16;/h2-5,13-14,17H,6-10H2,1H3;1H. The van der Waals surface area contributed by atoms with Gasteiger partial charge in [0.15, 0.2) is 0 Å². The normalized spacial score (nSPS) is 17.5. The lowest BCUT2D eigenvalue weighted by atomic mass is 10.0. The first kappa shape index (κ1) is 16.3. The van der Waals surface area contributed by atoms with E-state index < -0.39 is 6.43 Å². The average molecular weight is 291 g/mol. The fourth-order valence-electron chi connectivity index (χ4n) is 2.41. The fourth-order valence-corrected chi connectivity index (χ4v) is 2.41. The molecule has 0 unspecified atom stereocenters. The molecular weight excluding hydrogens is 270 g/mol. The first-order chi connectivity index (χ1) is 8.69. The minimum atomic E-state index is -2.37. The van der Waals surface area contributed by atoms with Crippen molar-refractivity contribution in [3.8, 4) is 0 Å². The van der Waals surface area contributed by atoms with Crippen molar-refractivity contribution in [3.63, 3.8) is 0 Å². The first-order valence-electron chi connectivity index (χ1n) is 6.45. The Morgan fingerprint density at radius 2 is 1.79 bits per heavy atom. The van der Waals surface area contributed by atoms with Crippen LogP contribution in [0.5, 0.6) is 0 Å². The van der Waals surface area contributed by atoms with Crippen LogP contribution in [0.3, 0.4) is 0 Å². The van der Waals surface area contributed by atoms with Crippen molar-refractivity contribution in [1.82, 2.24) is 10.2 Å². The highest BCUT2D eigenvalue weighted by Gasteiger charge is 2.17. The number of likely N-dealkylation sites (tertiary alicyclic amines) is 1. The molecule has 5 heteroatoms. The lowest BCUT2D eigenvalue weighted by Gasteiger charge is -2.31. The van der Waals surface area contributed by atoms with Gasteiger partial charge >= 0.3 is 0 Å². The van der Waals surface area contributed by atoms with E-state index in [0.29, 0.717) is 6.04 Å². The second-order valence-electron chi connectivity index (χ2n) is 4.88. The van der Waals surface area contributed by atoms with Crippen LogP contribution in [0.15, 0.2) is 24.3 Å². The van der Waals surface area contributed by atoms with Crippen LogP contribution in [0.2, 0.25) is 0 Å². The van der Waals surface area contributed by atoms with Gasteiger partial charge < -0.3 is 5.32 Å². The minimum Gasteiger partial charge on any atom is -0.317 e. The molecule has 1 N–H and O–H groups in total. The first-order valence-corrected chi connectivity index (χ1v) is 6.45. The zero-order valence-electron chi connectivity index (χ0n) is 11.1. The molecule has 0 saturated carbocycles. The summed E-state index contributed by atoms with van der Waals surface area (Å²) in [5.41, 5.74) is 1.22. The second kappa shape index (κ2) is 7.78. The summed E-state index contributed by atoms with van der Waals surface area (Å²) in [6.07, 6.45) is -0.0533. The van der Waals surface area contributed by atoms with Gasteiger partial charge in [-0.05, 0) is 38.5 Å². The molecule has 1 fully saturated rings. The van der Waals surface area contributed by atoms with Crippen molar-refractivity contribution in [2.75, 3.05) is 20.1 Å². The third-order valence-corrected chi connectivity index (χ3v) is 3.63. The SMILES string of the molecule is CNC1CCN(Cc2ccc(C(F)F)cc2)CC1.Cl. The molecule has 0 aromatic heterocycles. The van der Waals surface area contributed by atoms with E-state index in [2.05, 4.69) is 10.2 Å². The Kier molecular flexibility index (Phi) is 6.69. The predicted molar refractivity (Wildman–Crippen MR) is 76.0 cm³/mol. The highest BCUT2D eigenvalue weighted by Crippen LogP contribution is 2.20. The zero-order valence-corrected chi connectivity index (χ0v) is 11.9. The Morgan fingerprint density at radius 3 is 2.26 bits per heavy atom. The number of nitrogens with zero attached hydrogens (tertiary/aromatic N) is 1. The van der Waals surface area contributed by atoms with Crippen LogP contribution in [-0.4, -0.2) is 31.1 Å². The van der Waals surface area contributed by atoms with Crippen LogP contribution < -0.4 is 5.32 Å². The quantitative estimate of drug-likeness (QED) is 0.916. The number of piperidine rings is 1. The maximum absolute atomic E-state index is 12.4. The summed E-state index contributed by atoms with van der Waals surface area (Å²) in [4.78, 5) is 2.38. The predicted octanol–water partition coefficient (Wildman–Crippen LogP) is 3.23. The van der Waals surface area contributed by atoms with Gasteiger partial charge in [0.2, 0.25) is 0 Å². The van der Waals surface area contributed by atoms with E-state index in [1.54, 1.807) is 0 Å².